The second-order valence-electron chi connectivity index (χ2n) is 13.9. The number of ether oxygens (including phenoxy) is 2. The molecule has 0 saturated carbocycles. The van der Waals surface area contributed by atoms with Gasteiger partial charge in [-0.1, -0.05) is 5.16 Å². The summed E-state index contributed by atoms with van der Waals surface area (Å²) >= 11 is 1.35. The Morgan fingerprint density at radius 2 is 1.91 bits per heavy atom. The van der Waals surface area contributed by atoms with E-state index in [9.17, 15) is 14.9 Å². The number of carbonyl (C=O) groups is 2. The van der Waals surface area contributed by atoms with Gasteiger partial charge >= 0.3 is 12.1 Å². The molecule has 0 spiro atoms. The summed E-state index contributed by atoms with van der Waals surface area (Å²) in [6.07, 6.45) is 2.82. The van der Waals surface area contributed by atoms with Crippen LogP contribution in [0.1, 0.15) is 82.0 Å². The number of piperidine rings is 1. The number of nitrogen functional groups attached to an aromatic ring is 1. The highest BCUT2D eigenvalue weighted by Crippen LogP contribution is 2.46. The molecular weight excluding hydrogens is 620 g/mol. The van der Waals surface area contributed by atoms with Crippen LogP contribution >= 0.6 is 11.3 Å². The van der Waals surface area contributed by atoms with E-state index in [0.29, 0.717) is 65.7 Å². The molecule has 2 atom stereocenters. The number of thiophene rings is 1. The number of fused-ring (bicyclic) bond motifs is 1. The summed E-state index contributed by atoms with van der Waals surface area (Å²) < 4.78 is 12.0. The van der Waals surface area contributed by atoms with E-state index < -0.39 is 17.0 Å². The monoisotopic (exact) mass is 666 g/mol. The van der Waals surface area contributed by atoms with Crippen LogP contribution in [-0.4, -0.2) is 90.2 Å². The number of likely N-dealkylation sites (tertiary alicyclic amines) is 1. The zero-order chi connectivity index (χ0) is 34.1. The van der Waals surface area contributed by atoms with Gasteiger partial charge in [0.15, 0.2) is 5.84 Å². The quantitative estimate of drug-likeness (QED) is 0.198. The number of hydrogen-bond donors (Lipinski definition) is 2. The standard InChI is InChI=1S/C33H46N8O5S/c1-20-19-39(6)14-15-41(20)26-17-22(44-21-9-12-40(13-10-21)31(43)45-32(2,3)4)16-24(37-26)28(35)38-46-30(42)33(5)11-7-8-25-27(33)23(18-34)29(36)47-25/h16-17,20-21H,7-15,19,36H2,1-6H3,(H2,35,38)/t20-,33?/m0/s1. The first-order valence-corrected chi connectivity index (χ1v) is 17.0. The summed E-state index contributed by atoms with van der Waals surface area (Å²) in [6.45, 7) is 13.0. The molecule has 2 aliphatic heterocycles. The van der Waals surface area contributed by atoms with Crippen molar-refractivity contribution in [2.24, 2.45) is 10.9 Å². The fourth-order valence-electron chi connectivity index (χ4n) is 6.53. The molecule has 254 valence electrons. The summed E-state index contributed by atoms with van der Waals surface area (Å²) in [7, 11) is 2.09. The van der Waals surface area contributed by atoms with Gasteiger partial charge in [-0.25, -0.2) is 14.6 Å². The molecule has 5 rings (SSSR count). The van der Waals surface area contributed by atoms with Crippen LogP contribution in [0, 0.1) is 11.3 Å². The number of hydrogen-bond acceptors (Lipinski definition) is 12. The van der Waals surface area contributed by atoms with E-state index in [-0.39, 0.29) is 24.1 Å². The van der Waals surface area contributed by atoms with Crippen molar-refractivity contribution in [3.05, 3.63) is 33.8 Å². The summed E-state index contributed by atoms with van der Waals surface area (Å²) in [5.41, 5.74) is 12.2. The number of pyridine rings is 1. The van der Waals surface area contributed by atoms with E-state index in [1.807, 2.05) is 26.8 Å². The highest BCUT2D eigenvalue weighted by atomic mass is 32.1. The Labute approximate surface area is 280 Å². The van der Waals surface area contributed by atoms with Crippen molar-refractivity contribution >= 4 is 40.1 Å². The maximum atomic E-state index is 13.5. The molecule has 0 radical (unpaired) electrons. The summed E-state index contributed by atoms with van der Waals surface area (Å²) in [5, 5.41) is 14.2. The van der Waals surface area contributed by atoms with Crippen LogP contribution in [0.5, 0.6) is 5.75 Å². The van der Waals surface area contributed by atoms with Crippen LogP contribution < -0.4 is 21.1 Å². The molecule has 0 aromatic carbocycles. The first kappa shape index (κ1) is 34.3. The zero-order valence-corrected chi connectivity index (χ0v) is 29.0. The molecule has 14 heteroatoms. The SMILES string of the molecule is C[C@H]1CN(C)CCN1c1cc(OC2CCN(C(=O)OC(C)(C)C)CC2)cc(/C(N)=N/OC(=O)C2(C)CCCc3sc(N)c(C#N)c32)n1. The molecule has 2 aromatic rings. The van der Waals surface area contributed by atoms with Gasteiger partial charge < -0.3 is 40.5 Å². The van der Waals surface area contributed by atoms with Crippen molar-refractivity contribution in [3.63, 3.8) is 0 Å². The lowest BCUT2D eigenvalue weighted by molar-refractivity contribution is -0.150. The number of amidine groups is 1. The Hall–Kier alpha value is -4.09. The fourth-order valence-corrected chi connectivity index (χ4v) is 7.72. The largest absolute Gasteiger partial charge is 0.490 e. The molecule has 0 bridgehead atoms. The summed E-state index contributed by atoms with van der Waals surface area (Å²) in [5.74, 6) is 0.571. The van der Waals surface area contributed by atoms with Crippen LogP contribution in [-0.2, 0) is 26.2 Å². The Morgan fingerprint density at radius 3 is 2.57 bits per heavy atom. The number of likely N-dealkylation sites (N-methyl/N-ethyl adjacent to an activating group) is 1. The number of amides is 1. The molecule has 4 heterocycles. The highest BCUT2D eigenvalue weighted by molar-refractivity contribution is 7.16. The second kappa shape index (κ2) is 13.6. The Kier molecular flexibility index (Phi) is 9.88. The molecule has 1 amide bonds. The lowest BCUT2D eigenvalue weighted by atomic mass is 9.72. The predicted molar refractivity (Wildman–Crippen MR) is 181 cm³/mol. The van der Waals surface area contributed by atoms with Crippen molar-refractivity contribution in [2.75, 3.05) is 50.4 Å². The summed E-state index contributed by atoms with van der Waals surface area (Å²) in [6, 6.07) is 5.95. The third kappa shape index (κ3) is 7.57. The third-order valence-electron chi connectivity index (χ3n) is 9.00. The van der Waals surface area contributed by atoms with Crippen molar-refractivity contribution in [3.8, 4) is 11.8 Å². The number of oxime groups is 1. The van der Waals surface area contributed by atoms with Crippen LogP contribution in [0.25, 0.3) is 0 Å². The zero-order valence-electron chi connectivity index (χ0n) is 28.2. The minimum atomic E-state index is -1.08. The Balaban J connectivity index is 1.36. The van der Waals surface area contributed by atoms with E-state index in [4.69, 9.17) is 30.8 Å². The molecule has 4 N–H and O–H groups in total. The maximum Gasteiger partial charge on any atom is 0.410 e. The number of rotatable bonds is 6. The van der Waals surface area contributed by atoms with Gasteiger partial charge in [-0.3, -0.25) is 0 Å². The molecule has 1 unspecified atom stereocenters. The van der Waals surface area contributed by atoms with Gasteiger partial charge in [0.05, 0.1) is 11.0 Å². The Morgan fingerprint density at radius 1 is 1.19 bits per heavy atom. The van der Waals surface area contributed by atoms with Gasteiger partial charge in [0.1, 0.15) is 40.0 Å². The predicted octanol–water partition coefficient (Wildman–Crippen LogP) is 3.97. The fraction of sp³-hybridized carbons (Fsp3) is 0.606. The molecule has 47 heavy (non-hydrogen) atoms. The minimum Gasteiger partial charge on any atom is -0.490 e. The van der Waals surface area contributed by atoms with Crippen molar-refractivity contribution in [1.29, 1.82) is 5.26 Å². The van der Waals surface area contributed by atoms with E-state index >= 15 is 0 Å². The van der Waals surface area contributed by atoms with Crippen molar-refractivity contribution in [2.45, 2.75) is 89.9 Å². The van der Waals surface area contributed by atoms with E-state index in [2.05, 4.69) is 35.0 Å². The maximum absolute atomic E-state index is 13.5. The molecule has 2 fully saturated rings. The first-order chi connectivity index (χ1) is 22.2. The second-order valence-corrected chi connectivity index (χ2v) is 15.1. The third-order valence-corrected chi connectivity index (χ3v) is 10.1. The number of aromatic nitrogens is 1. The smallest absolute Gasteiger partial charge is 0.410 e. The molecular formula is C33H46N8O5S. The topological polar surface area (TPSA) is 173 Å². The molecule has 13 nitrogen and oxygen atoms in total. The van der Waals surface area contributed by atoms with E-state index in [0.717, 1.165) is 37.4 Å². The van der Waals surface area contributed by atoms with Crippen LogP contribution in [0.4, 0.5) is 15.6 Å². The molecule has 1 aliphatic carbocycles. The van der Waals surface area contributed by atoms with Gasteiger partial charge in [0.2, 0.25) is 0 Å². The Bertz CT molecular complexity index is 1570. The molecule has 2 aromatic heterocycles. The van der Waals surface area contributed by atoms with Gasteiger partial charge in [0.25, 0.3) is 0 Å². The van der Waals surface area contributed by atoms with Crippen molar-refractivity contribution < 1.29 is 23.9 Å². The van der Waals surface area contributed by atoms with Crippen LogP contribution in [0.2, 0.25) is 0 Å². The normalized spacial score (nSPS) is 22.7. The number of aryl methyl sites for hydroxylation is 1. The van der Waals surface area contributed by atoms with Crippen LogP contribution in [0.15, 0.2) is 17.3 Å². The average Bonchev–Trinajstić information content (AvgIpc) is 3.35. The van der Waals surface area contributed by atoms with Gasteiger partial charge in [0, 0.05) is 74.2 Å². The van der Waals surface area contributed by atoms with E-state index in [1.165, 1.54) is 11.3 Å². The number of piperazine rings is 1. The highest BCUT2D eigenvalue weighted by Gasteiger charge is 2.45. The number of nitrogens with two attached hydrogens (primary N) is 2. The first-order valence-electron chi connectivity index (χ1n) is 16.2. The lowest BCUT2D eigenvalue weighted by Gasteiger charge is -2.39. The number of nitrogens with zero attached hydrogens (tertiary/aromatic N) is 6. The minimum absolute atomic E-state index is 0.0726. The number of carbonyl (C=O) groups excluding carboxylic acids is 2. The number of anilines is 2. The van der Waals surface area contributed by atoms with Gasteiger partial charge in [-0.15, -0.1) is 11.3 Å². The average molecular weight is 667 g/mol. The van der Waals surface area contributed by atoms with Gasteiger partial charge in [-0.05, 0) is 60.9 Å². The van der Waals surface area contributed by atoms with E-state index in [1.54, 1.807) is 17.9 Å². The number of nitriles is 1. The molecule has 3 aliphatic rings. The molecule has 2 saturated heterocycles. The van der Waals surface area contributed by atoms with Crippen LogP contribution in [0.3, 0.4) is 0 Å². The van der Waals surface area contributed by atoms with Gasteiger partial charge in [-0.2, -0.15) is 5.26 Å². The summed E-state index contributed by atoms with van der Waals surface area (Å²) in [4.78, 5) is 43.5. The lowest BCUT2D eigenvalue weighted by Crippen LogP contribution is -2.51. The van der Waals surface area contributed by atoms with Crippen molar-refractivity contribution in [1.82, 2.24) is 14.8 Å².